The van der Waals surface area contributed by atoms with Gasteiger partial charge in [0.2, 0.25) is 0 Å². The van der Waals surface area contributed by atoms with E-state index in [2.05, 4.69) is 4.98 Å². The molecule has 0 saturated carbocycles. The summed E-state index contributed by atoms with van der Waals surface area (Å²) in [5, 5.41) is 22.1. The minimum Gasteiger partial charge on any atom is -0.480 e. The zero-order valence-corrected chi connectivity index (χ0v) is 14.6. The molecule has 0 radical (unpaired) electrons. The number of nitro groups is 2. The molecule has 0 amide bonds. The summed E-state index contributed by atoms with van der Waals surface area (Å²) in [5.74, 6) is 0.298. The summed E-state index contributed by atoms with van der Waals surface area (Å²) in [7, 11) is 0. The molecule has 1 heterocycles. The van der Waals surface area contributed by atoms with E-state index in [0.717, 1.165) is 0 Å². The van der Waals surface area contributed by atoms with Crippen molar-refractivity contribution < 1.29 is 19.3 Å². The van der Waals surface area contributed by atoms with Gasteiger partial charge >= 0.3 is 11.4 Å². The highest BCUT2D eigenvalue weighted by Gasteiger charge is 2.15. The quantitative estimate of drug-likeness (QED) is 0.426. The van der Waals surface area contributed by atoms with Gasteiger partial charge in [-0.1, -0.05) is 30.3 Å². The molecule has 0 unspecified atom stereocenters. The molecule has 142 valence electrons. The first-order valence-corrected chi connectivity index (χ1v) is 8.22. The van der Waals surface area contributed by atoms with Crippen LogP contribution < -0.4 is 9.47 Å². The van der Waals surface area contributed by atoms with Crippen LogP contribution in [0.1, 0.15) is 11.4 Å². The first kappa shape index (κ1) is 18.8. The van der Waals surface area contributed by atoms with Gasteiger partial charge in [0.15, 0.2) is 11.5 Å². The Bertz CT molecular complexity index is 931. The summed E-state index contributed by atoms with van der Waals surface area (Å²) >= 11 is 0. The lowest BCUT2D eigenvalue weighted by atomic mass is 10.3. The van der Waals surface area contributed by atoms with Crippen molar-refractivity contribution in [2.45, 2.75) is 13.2 Å². The van der Waals surface area contributed by atoms with Gasteiger partial charge in [-0.2, -0.15) is 0 Å². The van der Waals surface area contributed by atoms with Crippen LogP contribution in [0.25, 0.3) is 0 Å². The molecular weight excluding hydrogens is 366 g/mol. The molecule has 0 spiro atoms. The fourth-order valence-electron chi connectivity index (χ4n) is 2.45. The van der Waals surface area contributed by atoms with Gasteiger partial charge in [-0.3, -0.25) is 25.2 Å². The second kappa shape index (κ2) is 8.58. The van der Waals surface area contributed by atoms with Crippen molar-refractivity contribution in [2.75, 3.05) is 0 Å². The number of benzene rings is 2. The molecule has 0 aliphatic heterocycles. The van der Waals surface area contributed by atoms with Gasteiger partial charge in [-0.05, 0) is 24.3 Å². The van der Waals surface area contributed by atoms with Crippen molar-refractivity contribution in [2.24, 2.45) is 0 Å². The second-order valence-electron chi connectivity index (χ2n) is 5.65. The molecule has 0 saturated heterocycles. The first-order chi connectivity index (χ1) is 13.5. The Morgan fingerprint density at radius 1 is 0.679 bits per heavy atom. The largest absolute Gasteiger partial charge is 0.480 e. The van der Waals surface area contributed by atoms with E-state index in [9.17, 15) is 20.2 Å². The molecule has 3 rings (SSSR count). The molecule has 0 bridgehead atoms. The van der Waals surface area contributed by atoms with Crippen molar-refractivity contribution in [3.8, 4) is 11.5 Å². The molecule has 0 aliphatic carbocycles. The van der Waals surface area contributed by atoms with E-state index in [1.165, 1.54) is 24.3 Å². The highest BCUT2D eigenvalue weighted by atomic mass is 16.6. The minimum absolute atomic E-state index is 0.0319. The average Bonchev–Trinajstić information content (AvgIpc) is 2.71. The molecular formula is C19H15N3O6. The predicted molar refractivity (Wildman–Crippen MR) is 99.1 cm³/mol. The molecule has 28 heavy (non-hydrogen) atoms. The highest BCUT2D eigenvalue weighted by Crippen LogP contribution is 2.27. The zero-order chi connectivity index (χ0) is 19.9. The van der Waals surface area contributed by atoms with Gasteiger partial charge in [-0.25, -0.2) is 0 Å². The fraction of sp³-hybridized carbons (Fsp3) is 0.105. The fourth-order valence-corrected chi connectivity index (χ4v) is 2.45. The molecule has 9 nitrogen and oxygen atoms in total. The van der Waals surface area contributed by atoms with Gasteiger partial charge in [-0.15, -0.1) is 0 Å². The monoisotopic (exact) mass is 381 g/mol. The number of para-hydroxylation sites is 4. The lowest BCUT2D eigenvalue weighted by molar-refractivity contribution is -0.386. The summed E-state index contributed by atoms with van der Waals surface area (Å²) in [4.78, 5) is 25.4. The third-order valence-corrected chi connectivity index (χ3v) is 3.74. The summed E-state index contributed by atoms with van der Waals surface area (Å²) < 4.78 is 11.0. The van der Waals surface area contributed by atoms with E-state index >= 15 is 0 Å². The van der Waals surface area contributed by atoms with Crippen molar-refractivity contribution in [3.05, 3.63) is 98.3 Å². The van der Waals surface area contributed by atoms with Crippen molar-refractivity contribution >= 4 is 11.4 Å². The minimum atomic E-state index is -0.514. The average molecular weight is 381 g/mol. The van der Waals surface area contributed by atoms with Crippen molar-refractivity contribution in [3.63, 3.8) is 0 Å². The molecule has 3 aromatic rings. The smallest absolute Gasteiger partial charge is 0.310 e. The van der Waals surface area contributed by atoms with Gasteiger partial charge in [0, 0.05) is 12.1 Å². The number of ether oxygens (including phenoxy) is 2. The Morgan fingerprint density at radius 2 is 1.11 bits per heavy atom. The Hall–Kier alpha value is -4.01. The normalized spacial score (nSPS) is 10.3. The van der Waals surface area contributed by atoms with Crippen LogP contribution in [0.3, 0.4) is 0 Å². The zero-order valence-electron chi connectivity index (χ0n) is 14.6. The van der Waals surface area contributed by atoms with Crippen LogP contribution in [-0.4, -0.2) is 14.8 Å². The Balaban J connectivity index is 1.67. The summed E-state index contributed by atoms with van der Waals surface area (Å²) in [5.41, 5.74) is 0.834. The molecule has 2 aromatic carbocycles. The van der Waals surface area contributed by atoms with E-state index in [0.29, 0.717) is 11.4 Å². The van der Waals surface area contributed by atoms with Crippen LogP contribution in [0.4, 0.5) is 11.4 Å². The predicted octanol–water partition coefficient (Wildman–Crippen LogP) is 4.06. The third kappa shape index (κ3) is 4.58. The van der Waals surface area contributed by atoms with Crippen LogP contribution in [0.15, 0.2) is 66.7 Å². The van der Waals surface area contributed by atoms with Crippen LogP contribution in [0, 0.1) is 20.2 Å². The number of pyridine rings is 1. The summed E-state index contributed by atoms with van der Waals surface area (Å²) in [6, 6.07) is 17.3. The maximum atomic E-state index is 11.0. The first-order valence-electron chi connectivity index (χ1n) is 8.22. The van der Waals surface area contributed by atoms with Crippen LogP contribution in [0.2, 0.25) is 0 Å². The van der Waals surface area contributed by atoms with Gasteiger partial charge in [0.05, 0.1) is 21.2 Å². The van der Waals surface area contributed by atoms with Gasteiger partial charge < -0.3 is 9.47 Å². The topological polar surface area (TPSA) is 118 Å². The number of rotatable bonds is 8. The molecule has 0 N–H and O–H groups in total. The number of aromatic nitrogens is 1. The standard InChI is InChI=1S/C19H15N3O6/c23-21(24)16-8-1-3-10-18(16)27-12-14-6-5-7-15(20-14)13-28-19-11-4-2-9-17(19)22(25)26/h1-11H,12-13H2. The summed E-state index contributed by atoms with van der Waals surface area (Å²) in [6.45, 7) is 0.0638. The van der Waals surface area contributed by atoms with E-state index in [4.69, 9.17) is 9.47 Å². The van der Waals surface area contributed by atoms with Crippen LogP contribution in [-0.2, 0) is 13.2 Å². The molecule has 0 fully saturated rings. The number of nitro benzene ring substituents is 2. The summed E-state index contributed by atoms with van der Waals surface area (Å²) in [6.07, 6.45) is 0. The Kier molecular flexibility index (Phi) is 5.75. The van der Waals surface area contributed by atoms with Crippen molar-refractivity contribution in [1.82, 2.24) is 4.98 Å². The number of hydrogen-bond acceptors (Lipinski definition) is 7. The highest BCUT2D eigenvalue weighted by molar-refractivity contribution is 5.46. The number of nitrogens with zero attached hydrogens (tertiary/aromatic N) is 3. The maximum Gasteiger partial charge on any atom is 0.310 e. The molecule has 1 aromatic heterocycles. The SMILES string of the molecule is O=[N+]([O-])c1ccccc1OCc1cccc(COc2ccccc2[N+](=O)[O-])n1. The molecule has 9 heteroatoms. The second-order valence-corrected chi connectivity index (χ2v) is 5.65. The van der Waals surface area contributed by atoms with Gasteiger partial charge in [0.25, 0.3) is 0 Å². The maximum absolute atomic E-state index is 11.0. The van der Waals surface area contributed by atoms with E-state index in [1.54, 1.807) is 42.5 Å². The molecule has 0 aliphatic rings. The lowest BCUT2D eigenvalue weighted by Gasteiger charge is -2.09. The Labute approximate surface area is 159 Å². The third-order valence-electron chi connectivity index (χ3n) is 3.74. The molecule has 0 atom stereocenters. The van der Waals surface area contributed by atoms with Crippen molar-refractivity contribution in [1.29, 1.82) is 0 Å². The van der Waals surface area contributed by atoms with E-state index in [-0.39, 0.29) is 36.1 Å². The van der Waals surface area contributed by atoms with E-state index in [1.807, 2.05) is 0 Å². The number of hydrogen-bond donors (Lipinski definition) is 0. The Morgan fingerprint density at radius 3 is 1.54 bits per heavy atom. The van der Waals surface area contributed by atoms with Gasteiger partial charge in [0.1, 0.15) is 13.2 Å². The van der Waals surface area contributed by atoms with E-state index < -0.39 is 9.85 Å². The van der Waals surface area contributed by atoms with Crippen LogP contribution in [0.5, 0.6) is 11.5 Å². The lowest BCUT2D eigenvalue weighted by Crippen LogP contribution is -2.05. The van der Waals surface area contributed by atoms with Crippen LogP contribution >= 0.6 is 0 Å².